The Hall–Kier alpha value is -2.41. The van der Waals surface area contributed by atoms with Gasteiger partial charge in [-0.15, -0.1) is 0 Å². The van der Waals surface area contributed by atoms with Crippen molar-refractivity contribution < 1.29 is 17.6 Å². The molecule has 1 aliphatic heterocycles. The first-order chi connectivity index (χ1) is 12.7. The van der Waals surface area contributed by atoms with Crippen LogP contribution in [0.5, 0.6) is 0 Å². The Morgan fingerprint density at radius 3 is 2.22 bits per heavy atom. The number of hydrogen-bond donors (Lipinski definition) is 0. The number of nitrogens with zero attached hydrogens (tertiary/aromatic N) is 2. The number of rotatable bonds is 5. The maximum atomic E-state index is 13.2. The first-order valence-corrected chi connectivity index (χ1v) is 10.6. The molecule has 0 bridgehead atoms. The zero-order valence-corrected chi connectivity index (χ0v) is 16.2. The standard InChI is InChI=1S/C20H23FN2O3S/c1-22(2)18-9-3-15(4-10-18)13-23(19-11-12-27(25,26)14-19)20(24)16-5-7-17(21)8-6-16/h3-10,19H,11-14H2,1-2H3. The van der Waals surface area contributed by atoms with Crippen molar-refractivity contribution in [1.29, 1.82) is 0 Å². The molecule has 1 amide bonds. The second-order valence-electron chi connectivity index (χ2n) is 7.06. The van der Waals surface area contributed by atoms with Gasteiger partial charge in [-0.3, -0.25) is 4.79 Å². The maximum Gasteiger partial charge on any atom is 0.254 e. The summed E-state index contributed by atoms with van der Waals surface area (Å²) in [5.74, 6) is -0.644. The van der Waals surface area contributed by atoms with Crippen LogP contribution in [-0.2, 0) is 16.4 Å². The molecule has 0 aliphatic carbocycles. The topological polar surface area (TPSA) is 57.7 Å². The molecule has 0 aromatic heterocycles. The molecule has 0 N–H and O–H groups in total. The van der Waals surface area contributed by atoms with Gasteiger partial charge in [0.15, 0.2) is 9.84 Å². The fraction of sp³-hybridized carbons (Fsp3) is 0.350. The van der Waals surface area contributed by atoms with E-state index in [9.17, 15) is 17.6 Å². The molecule has 1 fully saturated rings. The highest BCUT2D eigenvalue weighted by atomic mass is 32.2. The lowest BCUT2D eigenvalue weighted by atomic mass is 10.1. The minimum Gasteiger partial charge on any atom is -0.378 e. The van der Waals surface area contributed by atoms with Crippen LogP contribution in [-0.4, -0.2) is 50.9 Å². The lowest BCUT2D eigenvalue weighted by Gasteiger charge is -2.29. The minimum atomic E-state index is -3.13. The van der Waals surface area contributed by atoms with Crippen molar-refractivity contribution in [2.75, 3.05) is 30.5 Å². The van der Waals surface area contributed by atoms with E-state index in [1.807, 2.05) is 43.3 Å². The highest BCUT2D eigenvalue weighted by Gasteiger charge is 2.35. The molecule has 3 rings (SSSR count). The van der Waals surface area contributed by atoms with Gasteiger partial charge in [0, 0.05) is 37.9 Å². The van der Waals surface area contributed by atoms with Crippen LogP contribution in [0.25, 0.3) is 0 Å². The smallest absolute Gasteiger partial charge is 0.254 e. The predicted octanol–water partition coefficient (Wildman–Crippen LogP) is 2.72. The highest BCUT2D eigenvalue weighted by Crippen LogP contribution is 2.23. The normalized spacial score (nSPS) is 18.3. The van der Waals surface area contributed by atoms with Crippen LogP contribution in [0.3, 0.4) is 0 Å². The van der Waals surface area contributed by atoms with E-state index in [0.717, 1.165) is 11.3 Å². The molecule has 1 atom stereocenters. The average molecular weight is 390 g/mol. The molecule has 0 saturated carbocycles. The van der Waals surface area contributed by atoms with E-state index in [1.54, 1.807) is 4.90 Å². The van der Waals surface area contributed by atoms with Gasteiger partial charge in [0.1, 0.15) is 5.82 Å². The fourth-order valence-corrected chi connectivity index (χ4v) is 4.97. The molecule has 0 spiro atoms. The van der Waals surface area contributed by atoms with Crippen LogP contribution >= 0.6 is 0 Å². The Morgan fingerprint density at radius 2 is 1.70 bits per heavy atom. The average Bonchev–Trinajstić information content (AvgIpc) is 2.99. The first-order valence-electron chi connectivity index (χ1n) is 8.78. The third-order valence-corrected chi connectivity index (χ3v) is 6.56. The van der Waals surface area contributed by atoms with Gasteiger partial charge in [0.2, 0.25) is 0 Å². The monoisotopic (exact) mass is 390 g/mol. The molecular weight excluding hydrogens is 367 g/mol. The Bertz CT molecular complexity index is 909. The van der Waals surface area contributed by atoms with Gasteiger partial charge in [-0.05, 0) is 48.4 Å². The minimum absolute atomic E-state index is 0.0320. The summed E-state index contributed by atoms with van der Waals surface area (Å²) in [4.78, 5) is 16.6. The molecular formula is C20H23FN2O3S. The second kappa shape index (κ2) is 7.68. The lowest BCUT2D eigenvalue weighted by molar-refractivity contribution is 0.0681. The Kier molecular flexibility index (Phi) is 5.51. The van der Waals surface area contributed by atoms with Gasteiger partial charge in [-0.1, -0.05) is 12.1 Å². The Labute approximate surface area is 159 Å². The van der Waals surface area contributed by atoms with Crippen LogP contribution < -0.4 is 4.90 Å². The number of hydrogen-bond acceptors (Lipinski definition) is 4. The Morgan fingerprint density at radius 1 is 1.07 bits per heavy atom. The summed E-state index contributed by atoms with van der Waals surface area (Å²) < 4.78 is 37.1. The number of carbonyl (C=O) groups excluding carboxylic acids is 1. The van der Waals surface area contributed by atoms with Crippen molar-refractivity contribution in [2.24, 2.45) is 0 Å². The number of benzene rings is 2. The van der Waals surface area contributed by atoms with Crippen molar-refractivity contribution >= 4 is 21.4 Å². The largest absolute Gasteiger partial charge is 0.378 e. The number of halogens is 1. The molecule has 144 valence electrons. The summed E-state index contributed by atoms with van der Waals surface area (Å²) >= 11 is 0. The molecule has 1 unspecified atom stereocenters. The van der Waals surface area contributed by atoms with Crippen molar-refractivity contribution in [2.45, 2.75) is 19.0 Å². The van der Waals surface area contributed by atoms with Gasteiger partial charge in [0.25, 0.3) is 5.91 Å². The molecule has 1 heterocycles. The van der Waals surface area contributed by atoms with Gasteiger partial charge in [-0.2, -0.15) is 0 Å². The quantitative estimate of drug-likeness (QED) is 0.788. The molecule has 1 saturated heterocycles. The van der Waals surface area contributed by atoms with Crippen LogP contribution in [0.4, 0.5) is 10.1 Å². The highest BCUT2D eigenvalue weighted by molar-refractivity contribution is 7.91. The van der Waals surface area contributed by atoms with E-state index in [2.05, 4.69) is 0 Å². The van der Waals surface area contributed by atoms with Crippen LogP contribution in [0.2, 0.25) is 0 Å². The van der Waals surface area contributed by atoms with Crippen LogP contribution in [0, 0.1) is 5.82 Å². The van der Waals surface area contributed by atoms with Gasteiger partial charge in [0.05, 0.1) is 11.5 Å². The molecule has 2 aromatic carbocycles. The third kappa shape index (κ3) is 4.66. The summed E-state index contributed by atoms with van der Waals surface area (Å²) in [5.41, 5.74) is 2.31. The van der Waals surface area contributed by atoms with E-state index in [-0.39, 0.29) is 23.5 Å². The fourth-order valence-electron chi connectivity index (χ4n) is 3.24. The number of anilines is 1. The molecule has 2 aromatic rings. The van der Waals surface area contributed by atoms with Crippen molar-refractivity contribution in [1.82, 2.24) is 4.90 Å². The zero-order chi connectivity index (χ0) is 19.6. The van der Waals surface area contributed by atoms with E-state index in [0.29, 0.717) is 18.5 Å². The molecule has 0 radical (unpaired) electrons. The molecule has 1 aliphatic rings. The van der Waals surface area contributed by atoms with Crippen LogP contribution in [0.1, 0.15) is 22.3 Å². The first kappa shape index (κ1) is 19.4. The summed E-state index contributed by atoms with van der Waals surface area (Å²) in [6, 6.07) is 12.8. The van der Waals surface area contributed by atoms with E-state index in [1.165, 1.54) is 24.3 Å². The summed E-state index contributed by atoms with van der Waals surface area (Å²) in [6.07, 6.45) is 0.422. The molecule has 7 heteroatoms. The van der Waals surface area contributed by atoms with Crippen molar-refractivity contribution in [3.63, 3.8) is 0 Å². The number of sulfone groups is 1. The predicted molar refractivity (Wildman–Crippen MR) is 104 cm³/mol. The lowest BCUT2D eigenvalue weighted by Crippen LogP contribution is -2.40. The van der Waals surface area contributed by atoms with Crippen molar-refractivity contribution in [3.8, 4) is 0 Å². The van der Waals surface area contributed by atoms with E-state index in [4.69, 9.17) is 0 Å². The van der Waals surface area contributed by atoms with E-state index < -0.39 is 15.7 Å². The molecule has 5 nitrogen and oxygen atoms in total. The summed E-state index contributed by atoms with van der Waals surface area (Å²) in [7, 11) is 0.761. The second-order valence-corrected chi connectivity index (χ2v) is 9.29. The van der Waals surface area contributed by atoms with Crippen LogP contribution in [0.15, 0.2) is 48.5 Å². The maximum absolute atomic E-state index is 13.2. The number of carbonyl (C=O) groups is 1. The number of amides is 1. The third-order valence-electron chi connectivity index (χ3n) is 4.81. The summed E-state index contributed by atoms with van der Waals surface area (Å²) in [6.45, 7) is 0.310. The zero-order valence-electron chi connectivity index (χ0n) is 15.4. The van der Waals surface area contributed by atoms with Crippen molar-refractivity contribution in [3.05, 3.63) is 65.5 Å². The molecule has 27 heavy (non-hydrogen) atoms. The van der Waals surface area contributed by atoms with Gasteiger partial charge in [-0.25, -0.2) is 12.8 Å². The Balaban J connectivity index is 1.87. The van der Waals surface area contributed by atoms with Gasteiger partial charge >= 0.3 is 0 Å². The van der Waals surface area contributed by atoms with E-state index >= 15 is 0 Å². The van der Waals surface area contributed by atoms with Gasteiger partial charge < -0.3 is 9.80 Å². The summed E-state index contributed by atoms with van der Waals surface area (Å²) in [5, 5.41) is 0. The SMILES string of the molecule is CN(C)c1ccc(CN(C(=O)c2ccc(F)cc2)C2CCS(=O)(=O)C2)cc1.